The van der Waals surface area contributed by atoms with Gasteiger partial charge in [0.15, 0.2) is 5.82 Å². The van der Waals surface area contributed by atoms with Gasteiger partial charge in [-0.2, -0.15) is 0 Å². The molecule has 1 amide bonds. The normalized spacial score (nSPS) is 10.3. The highest BCUT2D eigenvalue weighted by atomic mass is 16.5. The lowest BCUT2D eigenvalue weighted by molar-refractivity contribution is -0.116. The van der Waals surface area contributed by atoms with Gasteiger partial charge in [-0.3, -0.25) is 4.79 Å². The van der Waals surface area contributed by atoms with Gasteiger partial charge in [0.25, 0.3) is 0 Å². The van der Waals surface area contributed by atoms with Crippen LogP contribution in [0.25, 0.3) is 11.4 Å². The van der Waals surface area contributed by atoms with Crippen LogP contribution in [0, 0.1) is 0 Å². The molecular weight excluding hydrogens is 314 g/mol. The first-order valence-corrected chi connectivity index (χ1v) is 8.05. The van der Waals surface area contributed by atoms with Gasteiger partial charge in [-0.05, 0) is 24.1 Å². The number of anilines is 1. The minimum Gasteiger partial charge on any atom is -0.497 e. The highest BCUT2D eigenvalue weighted by molar-refractivity contribution is 5.90. The molecule has 126 valence electrons. The van der Waals surface area contributed by atoms with Crippen molar-refractivity contribution in [3.8, 4) is 17.1 Å². The minimum absolute atomic E-state index is 0.0631. The van der Waals surface area contributed by atoms with Crippen molar-refractivity contribution in [2.75, 3.05) is 12.4 Å². The Morgan fingerprint density at radius 2 is 1.68 bits per heavy atom. The van der Waals surface area contributed by atoms with Gasteiger partial charge >= 0.3 is 0 Å². The van der Waals surface area contributed by atoms with E-state index in [9.17, 15) is 4.79 Å². The molecule has 3 aromatic rings. The van der Waals surface area contributed by atoms with E-state index in [-0.39, 0.29) is 5.91 Å². The largest absolute Gasteiger partial charge is 0.497 e. The van der Waals surface area contributed by atoms with Crippen LogP contribution in [-0.4, -0.2) is 23.0 Å². The molecule has 0 unspecified atom stereocenters. The van der Waals surface area contributed by atoms with Crippen LogP contribution in [0.4, 0.5) is 5.69 Å². The van der Waals surface area contributed by atoms with Crippen LogP contribution in [0.3, 0.4) is 0 Å². The number of amides is 1. The van der Waals surface area contributed by atoms with Gasteiger partial charge in [-0.1, -0.05) is 42.5 Å². The number of methoxy groups -OCH3 is 1. The molecule has 3 rings (SSSR count). The number of aryl methyl sites for hydroxylation is 1. The van der Waals surface area contributed by atoms with E-state index in [1.807, 2.05) is 54.6 Å². The molecule has 0 aliphatic carbocycles. The maximum atomic E-state index is 12.1. The molecule has 5 nitrogen and oxygen atoms in total. The summed E-state index contributed by atoms with van der Waals surface area (Å²) in [6, 6.07) is 17.4. The van der Waals surface area contributed by atoms with Gasteiger partial charge in [0.1, 0.15) is 5.75 Å². The highest BCUT2D eigenvalue weighted by Gasteiger charge is 2.06. The predicted molar refractivity (Wildman–Crippen MR) is 97.4 cm³/mol. The SMILES string of the molecule is COc1ccc(CCC(=O)Nc2cnc(-c3ccccc3)nc2)cc1. The Hall–Kier alpha value is -3.21. The summed E-state index contributed by atoms with van der Waals surface area (Å²) in [6.45, 7) is 0. The summed E-state index contributed by atoms with van der Waals surface area (Å²) < 4.78 is 5.12. The van der Waals surface area contributed by atoms with Crippen LogP contribution < -0.4 is 10.1 Å². The maximum Gasteiger partial charge on any atom is 0.224 e. The Balaban J connectivity index is 1.54. The monoisotopic (exact) mass is 333 g/mol. The van der Waals surface area contributed by atoms with Gasteiger partial charge < -0.3 is 10.1 Å². The third-order valence-electron chi connectivity index (χ3n) is 3.77. The second-order valence-corrected chi connectivity index (χ2v) is 5.56. The van der Waals surface area contributed by atoms with Gasteiger partial charge in [-0.25, -0.2) is 9.97 Å². The van der Waals surface area contributed by atoms with Gasteiger partial charge in [0.05, 0.1) is 25.2 Å². The van der Waals surface area contributed by atoms with Crippen molar-refractivity contribution in [3.05, 3.63) is 72.6 Å². The van der Waals surface area contributed by atoms with Crippen molar-refractivity contribution < 1.29 is 9.53 Å². The first-order chi connectivity index (χ1) is 12.2. The first kappa shape index (κ1) is 16.6. The van der Waals surface area contributed by atoms with Crippen molar-refractivity contribution in [3.63, 3.8) is 0 Å². The summed E-state index contributed by atoms with van der Waals surface area (Å²) >= 11 is 0. The van der Waals surface area contributed by atoms with E-state index < -0.39 is 0 Å². The summed E-state index contributed by atoms with van der Waals surface area (Å²) in [5, 5.41) is 2.82. The number of carbonyl (C=O) groups excluding carboxylic acids is 1. The topological polar surface area (TPSA) is 64.1 Å². The fraction of sp³-hybridized carbons (Fsp3) is 0.150. The average Bonchev–Trinajstić information content (AvgIpc) is 2.68. The molecule has 0 radical (unpaired) electrons. The summed E-state index contributed by atoms with van der Waals surface area (Å²) in [5.41, 5.74) is 2.63. The minimum atomic E-state index is -0.0631. The summed E-state index contributed by atoms with van der Waals surface area (Å²) in [5.74, 6) is 1.38. The first-order valence-electron chi connectivity index (χ1n) is 8.05. The molecule has 0 atom stereocenters. The Morgan fingerprint density at radius 3 is 2.32 bits per heavy atom. The van der Waals surface area contributed by atoms with E-state index in [0.717, 1.165) is 16.9 Å². The molecule has 0 saturated carbocycles. The number of hydrogen-bond donors (Lipinski definition) is 1. The van der Waals surface area contributed by atoms with E-state index >= 15 is 0 Å². The molecule has 1 N–H and O–H groups in total. The third-order valence-corrected chi connectivity index (χ3v) is 3.77. The van der Waals surface area contributed by atoms with Gasteiger partial charge in [0.2, 0.25) is 5.91 Å². The molecule has 0 saturated heterocycles. The lowest BCUT2D eigenvalue weighted by Crippen LogP contribution is -2.12. The fourth-order valence-electron chi connectivity index (χ4n) is 2.40. The molecule has 2 aromatic carbocycles. The molecule has 1 heterocycles. The van der Waals surface area contributed by atoms with E-state index in [4.69, 9.17) is 4.74 Å². The lowest BCUT2D eigenvalue weighted by Gasteiger charge is -2.06. The van der Waals surface area contributed by atoms with Crippen molar-refractivity contribution in [1.29, 1.82) is 0 Å². The van der Waals surface area contributed by atoms with Crippen molar-refractivity contribution in [2.24, 2.45) is 0 Å². The number of nitrogens with one attached hydrogen (secondary N) is 1. The third kappa shape index (κ3) is 4.64. The fourth-order valence-corrected chi connectivity index (χ4v) is 2.40. The Bertz CT molecular complexity index is 816. The quantitative estimate of drug-likeness (QED) is 0.746. The average molecular weight is 333 g/mol. The molecule has 0 bridgehead atoms. The number of hydrogen-bond acceptors (Lipinski definition) is 4. The van der Waals surface area contributed by atoms with Crippen LogP contribution >= 0.6 is 0 Å². The second-order valence-electron chi connectivity index (χ2n) is 5.56. The zero-order valence-corrected chi connectivity index (χ0v) is 14.0. The van der Waals surface area contributed by atoms with Crippen LogP contribution in [0.1, 0.15) is 12.0 Å². The Kier molecular flexibility index (Phi) is 5.36. The lowest BCUT2D eigenvalue weighted by atomic mass is 10.1. The van der Waals surface area contributed by atoms with Crippen molar-refractivity contribution >= 4 is 11.6 Å². The highest BCUT2D eigenvalue weighted by Crippen LogP contribution is 2.16. The number of aromatic nitrogens is 2. The summed E-state index contributed by atoms with van der Waals surface area (Å²) in [7, 11) is 1.63. The van der Waals surface area contributed by atoms with Crippen LogP contribution in [0.2, 0.25) is 0 Å². The smallest absolute Gasteiger partial charge is 0.224 e. The molecular formula is C20H19N3O2. The van der Waals surface area contributed by atoms with Crippen molar-refractivity contribution in [2.45, 2.75) is 12.8 Å². The zero-order chi connectivity index (χ0) is 17.5. The standard InChI is InChI=1S/C20H19N3O2/c1-25-18-10-7-15(8-11-18)9-12-19(24)23-17-13-21-20(22-14-17)16-5-3-2-4-6-16/h2-8,10-11,13-14H,9,12H2,1H3,(H,23,24). The Morgan fingerprint density at radius 1 is 1.00 bits per heavy atom. The van der Waals surface area contributed by atoms with E-state index in [1.165, 1.54) is 0 Å². The van der Waals surface area contributed by atoms with E-state index in [0.29, 0.717) is 24.4 Å². The summed E-state index contributed by atoms with van der Waals surface area (Å²) in [4.78, 5) is 20.7. The molecule has 0 spiro atoms. The van der Waals surface area contributed by atoms with Crippen molar-refractivity contribution in [1.82, 2.24) is 9.97 Å². The second kappa shape index (κ2) is 8.06. The number of nitrogens with zero attached hydrogens (tertiary/aromatic N) is 2. The summed E-state index contributed by atoms with van der Waals surface area (Å²) in [6.07, 6.45) is 4.31. The Labute approximate surface area is 146 Å². The molecule has 0 fully saturated rings. The molecule has 25 heavy (non-hydrogen) atoms. The van der Waals surface area contributed by atoms with Crippen LogP contribution in [0.5, 0.6) is 5.75 Å². The van der Waals surface area contributed by atoms with Crippen LogP contribution in [0.15, 0.2) is 67.0 Å². The van der Waals surface area contributed by atoms with E-state index in [1.54, 1.807) is 19.5 Å². The molecule has 0 aliphatic rings. The number of carbonyl (C=O) groups is 1. The molecule has 5 heteroatoms. The predicted octanol–water partition coefficient (Wildman–Crippen LogP) is 3.72. The number of ether oxygens (including phenoxy) is 1. The molecule has 1 aromatic heterocycles. The van der Waals surface area contributed by atoms with E-state index in [2.05, 4.69) is 15.3 Å². The van der Waals surface area contributed by atoms with Crippen LogP contribution in [-0.2, 0) is 11.2 Å². The van der Waals surface area contributed by atoms with Gasteiger partial charge in [-0.15, -0.1) is 0 Å². The molecule has 0 aliphatic heterocycles. The number of rotatable bonds is 6. The van der Waals surface area contributed by atoms with Gasteiger partial charge in [0, 0.05) is 12.0 Å². The maximum absolute atomic E-state index is 12.1. The zero-order valence-electron chi connectivity index (χ0n) is 14.0. The number of benzene rings is 2.